The zero-order valence-electron chi connectivity index (χ0n) is 22.9. The van der Waals surface area contributed by atoms with Crippen LogP contribution in [0, 0.1) is 11.7 Å². The molecule has 3 aromatic carbocycles. The molecule has 0 bridgehead atoms. The van der Waals surface area contributed by atoms with Crippen LogP contribution in [0.25, 0.3) is 0 Å². The highest BCUT2D eigenvalue weighted by Gasteiger charge is 2.40. The SMILES string of the molecule is Cl.O=C(O)CCc1ccc(OCc2ccc(CN3CCC4(CC3)CC(Cc3ccccc3F)CCO4)cc2)cc1. The molecule has 0 aromatic heterocycles. The highest BCUT2D eigenvalue weighted by Crippen LogP contribution is 2.39. The highest BCUT2D eigenvalue weighted by molar-refractivity contribution is 5.85. The van der Waals surface area contributed by atoms with Crippen LogP contribution < -0.4 is 4.74 Å². The lowest BCUT2D eigenvalue weighted by Crippen LogP contribution is -2.49. The van der Waals surface area contributed by atoms with Crippen LogP contribution in [-0.4, -0.2) is 41.3 Å². The summed E-state index contributed by atoms with van der Waals surface area (Å²) in [6, 6.07) is 23.4. The Balaban J connectivity index is 0.00000370. The first-order chi connectivity index (χ1) is 19.0. The van der Waals surface area contributed by atoms with E-state index in [0.29, 0.717) is 18.9 Å². The first-order valence-corrected chi connectivity index (χ1v) is 14.1. The van der Waals surface area contributed by atoms with Crippen molar-refractivity contribution < 1.29 is 23.8 Å². The molecule has 0 amide bonds. The zero-order chi connectivity index (χ0) is 27.1. The largest absolute Gasteiger partial charge is 0.489 e. The van der Waals surface area contributed by atoms with Gasteiger partial charge in [-0.3, -0.25) is 9.69 Å². The molecule has 2 aliphatic heterocycles. The monoisotopic (exact) mass is 567 g/mol. The number of rotatable bonds is 10. The number of likely N-dealkylation sites (tertiary alicyclic amines) is 1. The van der Waals surface area contributed by atoms with Crippen LogP contribution in [0.5, 0.6) is 5.75 Å². The summed E-state index contributed by atoms with van der Waals surface area (Å²) in [5.41, 5.74) is 4.18. The first-order valence-electron chi connectivity index (χ1n) is 14.1. The summed E-state index contributed by atoms with van der Waals surface area (Å²) >= 11 is 0. The maximum absolute atomic E-state index is 14.2. The van der Waals surface area contributed by atoms with Gasteiger partial charge in [0, 0.05) is 32.7 Å². The van der Waals surface area contributed by atoms with Gasteiger partial charge in [0.1, 0.15) is 18.2 Å². The van der Waals surface area contributed by atoms with Crippen LogP contribution in [-0.2, 0) is 35.5 Å². The molecule has 0 saturated carbocycles. The van der Waals surface area contributed by atoms with Crippen molar-refractivity contribution in [3.05, 3.63) is 101 Å². The third kappa shape index (κ3) is 8.29. The Morgan fingerprint density at radius 1 is 0.975 bits per heavy atom. The topological polar surface area (TPSA) is 59.0 Å². The average molecular weight is 568 g/mol. The minimum atomic E-state index is -0.785. The lowest BCUT2D eigenvalue weighted by atomic mass is 9.77. The van der Waals surface area contributed by atoms with E-state index in [0.717, 1.165) is 80.8 Å². The highest BCUT2D eigenvalue weighted by atomic mass is 35.5. The van der Waals surface area contributed by atoms with Crippen molar-refractivity contribution >= 4 is 18.4 Å². The first kappa shape index (κ1) is 30.0. The van der Waals surface area contributed by atoms with Crippen molar-refractivity contribution in [1.29, 1.82) is 0 Å². The molecule has 5 nitrogen and oxygen atoms in total. The van der Waals surface area contributed by atoms with Crippen LogP contribution >= 0.6 is 12.4 Å². The molecule has 3 aromatic rings. The summed E-state index contributed by atoms with van der Waals surface area (Å²) in [5.74, 6) is 0.384. The molecule has 0 radical (unpaired) electrons. The van der Waals surface area contributed by atoms with Crippen molar-refractivity contribution in [2.75, 3.05) is 19.7 Å². The molecule has 2 aliphatic rings. The molecule has 1 unspecified atom stereocenters. The molecule has 7 heteroatoms. The van der Waals surface area contributed by atoms with E-state index in [-0.39, 0.29) is 30.2 Å². The van der Waals surface area contributed by atoms with Crippen LogP contribution in [0.2, 0.25) is 0 Å². The molecule has 40 heavy (non-hydrogen) atoms. The molecule has 1 atom stereocenters. The van der Waals surface area contributed by atoms with E-state index < -0.39 is 5.97 Å². The molecule has 0 aliphatic carbocycles. The quantitative estimate of drug-likeness (QED) is 0.290. The van der Waals surface area contributed by atoms with E-state index in [1.165, 1.54) is 5.56 Å². The number of hydrogen-bond acceptors (Lipinski definition) is 4. The van der Waals surface area contributed by atoms with Crippen LogP contribution in [0.15, 0.2) is 72.8 Å². The Hall–Kier alpha value is -2.93. The van der Waals surface area contributed by atoms with Gasteiger partial charge in [0.05, 0.1) is 5.60 Å². The summed E-state index contributed by atoms with van der Waals surface area (Å²) in [4.78, 5) is 13.2. The number of aliphatic carboxylic acids is 1. The maximum atomic E-state index is 14.2. The molecular formula is C33H39ClFNO4. The number of carboxylic acids is 1. The van der Waals surface area contributed by atoms with Gasteiger partial charge in [-0.2, -0.15) is 0 Å². The molecule has 5 rings (SSSR count). The molecule has 2 fully saturated rings. The van der Waals surface area contributed by atoms with E-state index in [9.17, 15) is 9.18 Å². The number of ether oxygens (including phenoxy) is 2. The van der Waals surface area contributed by atoms with Gasteiger partial charge in [0.2, 0.25) is 0 Å². The second-order valence-corrected chi connectivity index (χ2v) is 11.1. The van der Waals surface area contributed by atoms with Gasteiger partial charge in [0.25, 0.3) is 0 Å². The standard InChI is InChI=1S/C33H38FNO4.ClH/c34-31-4-2-1-3-29(31)21-28-15-20-39-33(22-28)16-18-35(19-17-33)23-26-5-7-27(8-6-26)24-38-30-12-9-25(10-13-30)11-14-32(36)37;/h1-10,12-13,28H,11,14-24H2,(H,36,37);1H. The van der Waals surface area contributed by atoms with E-state index in [2.05, 4.69) is 29.2 Å². The lowest BCUT2D eigenvalue weighted by molar-refractivity contribution is -0.136. The number of hydrogen-bond donors (Lipinski definition) is 1. The third-order valence-electron chi connectivity index (χ3n) is 8.21. The minimum Gasteiger partial charge on any atom is -0.489 e. The van der Waals surface area contributed by atoms with E-state index in [1.54, 1.807) is 12.1 Å². The normalized spacial score (nSPS) is 18.7. The van der Waals surface area contributed by atoms with E-state index >= 15 is 0 Å². The van der Waals surface area contributed by atoms with Crippen molar-refractivity contribution in [2.45, 2.75) is 63.7 Å². The van der Waals surface area contributed by atoms with Crippen molar-refractivity contribution in [3.8, 4) is 5.75 Å². The van der Waals surface area contributed by atoms with Gasteiger partial charge < -0.3 is 14.6 Å². The van der Waals surface area contributed by atoms with Crippen LogP contribution in [0.3, 0.4) is 0 Å². The average Bonchev–Trinajstić information content (AvgIpc) is 2.95. The molecular weight excluding hydrogens is 529 g/mol. The number of carbonyl (C=O) groups is 1. The molecule has 1 N–H and O–H groups in total. The Bertz CT molecular complexity index is 1230. The Labute approximate surface area is 242 Å². The fraction of sp³-hybridized carbons (Fsp3) is 0.424. The molecule has 1 spiro atoms. The van der Waals surface area contributed by atoms with E-state index in [4.69, 9.17) is 14.6 Å². The zero-order valence-corrected chi connectivity index (χ0v) is 23.7. The van der Waals surface area contributed by atoms with Crippen LogP contribution in [0.4, 0.5) is 4.39 Å². The number of piperidine rings is 1. The maximum Gasteiger partial charge on any atom is 0.303 e. The van der Waals surface area contributed by atoms with Gasteiger partial charge in [-0.1, -0.05) is 54.6 Å². The summed E-state index contributed by atoms with van der Waals surface area (Å²) in [5, 5.41) is 8.82. The summed E-state index contributed by atoms with van der Waals surface area (Å²) in [6.07, 6.45) is 5.55. The van der Waals surface area contributed by atoms with Crippen LogP contribution in [0.1, 0.15) is 54.4 Å². The van der Waals surface area contributed by atoms with Gasteiger partial charge >= 0.3 is 5.97 Å². The molecule has 2 saturated heterocycles. The van der Waals surface area contributed by atoms with E-state index in [1.807, 2.05) is 36.4 Å². The number of aryl methyl sites for hydroxylation is 1. The number of halogens is 2. The van der Waals surface area contributed by atoms with Crippen molar-refractivity contribution in [2.24, 2.45) is 5.92 Å². The number of nitrogens with zero attached hydrogens (tertiary/aromatic N) is 1. The molecule has 214 valence electrons. The number of carboxylic acid groups (broad SMARTS) is 1. The Morgan fingerprint density at radius 2 is 1.65 bits per heavy atom. The Morgan fingerprint density at radius 3 is 2.35 bits per heavy atom. The minimum absolute atomic E-state index is 0. The third-order valence-corrected chi connectivity index (χ3v) is 8.21. The predicted octanol–water partition coefficient (Wildman–Crippen LogP) is 6.85. The second kappa shape index (κ2) is 14.1. The van der Waals surface area contributed by atoms with Gasteiger partial charge in [-0.15, -0.1) is 12.4 Å². The number of benzene rings is 3. The fourth-order valence-corrected chi connectivity index (χ4v) is 5.91. The summed E-state index contributed by atoms with van der Waals surface area (Å²) in [6.45, 7) is 4.22. The van der Waals surface area contributed by atoms with Crippen molar-refractivity contribution in [1.82, 2.24) is 4.90 Å². The van der Waals surface area contributed by atoms with Gasteiger partial charge in [-0.25, -0.2) is 4.39 Å². The predicted molar refractivity (Wildman–Crippen MR) is 156 cm³/mol. The molecule has 2 heterocycles. The smallest absolute Gasteiger partial charge is 0.303 e. The Kier molecular flexibility index (Phi) is 10.6. The van der Waals surface area contributed by atoms with Gasteiger partial charge in [-0.05, 0) is 84.9 Å². The van der Waals surface area contributed by atoms with Crippen molar-refractivity contribution in [3.63, 3.8) is 0 Å². The summed E-state index contributed by atoms with van der Waals surface area (Å²) < 4.78 is 26.4. The summed E-state index contributed by atoms with van der Waals surface area (Å²) in [7, 11) is 0. The fourth-order valence-electron chi connectivity index (χ4n) is 5.91. The lowest BCUT2D eigenvalue weighted by Gasteiger charge is -2.46. The van der Waals surface area contributed by atoms with Gasteiger partial charge in [0.15, 0.2) is 0 Å². The second-order valence-electron chi connectivity index (χ2n) is 11.1.